The van der Waals surface area contributed by atoms with Gasteiger partial charge in [0.05, 0.1) is 18.9 Å². The Morgan fingerprint density at radius 3 is 2.67 bits per heavy atom. The second kappa shape index (κ2) is 11.6. The summed E-state index contributed by atoms with van der Waals surface area (Å²) in [6, 6.07) is 12.5. The van der Waals surface area contributed by atoms with Crippen LogP contribution in [0.3, 0.4) is 0 Å². The van der Waals surface area contributed by atoms with Crippen molar-refractivity contribution in [2.24, 2.45) is 10.9 Å². The van der Waals surface area contributed by atoms with Crippen LogP contribution in [0.1, 0.15) is 43.0 Å². The van der Waals surface area contributed by atoms with Gasteiger partial charge in [-0.2, -0.15) is 0 Å². The van der Waals surface area contributed by atoms with E-state index in [1.54, 1.807) is 6.26 Å². The highest BCUT2D eigenvalue weighted by atomic mass is 127. The Morgan fingerprint density at radius 1 is 1.17 bits per heavy atom. The van der Waals surface area contributed by atoms with Gasteiger partial charge in [0, 0.05) is 25.7 Å². The maximum absolute atomic E-state index is 6.02. The number of hydrogen-bond acceptors (Lipinski definition) is 4. The maximum atomic E-state index is 6.02. The number of halogens is 1. The summed E-state index contributed by atoms with van der Waals surface area (Å²) < 4.78 is 11.7. The lowest BCUT2D eigenvalue weighted by molar-refractivity contribution is 0.215. The lowest BCUT2D eigenvalue weighted by Crippen LogP contribution is -2.42. The van der Waals surface area contributed by atoms with E-state index in [9.17, 15) is 0 Å². The third-order valence-electron chi connectivity index (χ3n) is 5.73. The van der Waals surface area contributed by atoms with E-state index in [0.717, 1.165) is 55.2 Å². The van der Waals surface area contributed by atoms with E-state index >= 15 is 0 Å². The van der Waals surface area contributed by atoms with Gasteiger partial charge in [0.1, 0.15) is 11.5 Å². The first-order chi connectivity index (χ1) is 14.3. The normalized spacial score (nSPS) is 18.0. The second-order valence-electron chi connectivity index (χ2n) is 7.94. The molecule has 0 bridgehead atoms. The molecule has 0 radical (unpaired) electrons. The predicted octanol–water partition coefficient (Wildman–Crippen LogP) is 4.19. The van der Waals surface area contributed by atoms with Crippen LogP contribution in [-0.4, -0.2) is 44.1 Å². The minimum Gasteiger partial charge on any atom is -0.493 e. The first-order valence-corrected chi connectivity index (χ1v) is 10.8. The van der Waals surface area contributed by atoms with Gasteiger partial charge >= 0.3 is 0 Å². The van der Waals surface area contributed by atoms with Gasteiger partial charge in [-0.25, -0.2) is 0 Å². The van der Waals surface area contributed by atoms with E-state index < -0.39 is 0 Å². The molecule has 6 nitrogen and oxygen atoms in total. The molecule has 7 heteroatoms. The summed E-state index contributed by atoms with van der Waals surface area (Å²) in [6.07, 6.45) is 6.85. The Morgan fingerprint density at radius 2 is 1.97 bits per heavy atom. The van der Waals surface area contributed by atoms with Crippen molar-refractivity contribution >= 4 is 29.9 Å². The monoisotopic (exact) mass is 524 g/mol. The zero-order valence-corrected chi connectivity index (χ0v) is 20.0. The van der Waals surface area contributed by atoms with Crippen molar-refractivity contribution in [2.45, 2.75) is 38.3 Å². The van der Waals surface area contributed by atoms with Crippen LogP contribution in [-0.2, 0) is 6.54 Å². The molecular weight excluding hydrogens is 491 g/mol. The van der Waals surface area contributed by atoms with Gasteiger partial charge in [-0.15, -0.1) is 24.0 Å². The molecular formula is C23H33IN4O2. The summed E-state index contributed by atoms with van der Waals surface area (Å²) in [7, 11) is 1.81. The van der Waals surface area contributed by atoms with Crippen molar-refractivity contribution in [1.82, 2.24) is 15.5 Å². The number of nitrogens with one attached hydrogen (secondary N) is 2. The first kappa shape index (κ1) is 22.9. The van der Waals surface area contributed by atoms with E-state index in [1.165, 1.54) is 25.7 Å². The highest BCUT2D eigenvalue weighted by molar-refractivity contribution is 14.0. The van der Waals surface area contributed by atoms with Crippen molar-refractivity contribution in [3.05, 3.63) is 54.0 Å². The number of furan rings is 1. The molecule has 2 aliphatic rings. The fraction of sp³-hybridized carbons (Fsp3) is 0.522. The zero-order valence-electron chi connectivity index (χ0n) is 17.7. The molecule has 1 saturated carbocycles. The van der Waals surface area contributed by atoms with E-state index in [1.807, 2.05) is 19.2 Å². The van der Waals surface area contributed by atoms with Crippen LogP contribution >= 0.6 is 24.0 Å². The molecule has 1 unspecified atom stereocenters. The average Bonchev–Trinajstić information content (AvgIpc) is 3.19. The Kier molecular flexibility index (Phi) is 8.87. The van der Waals surface area contributed by atoms with Crippen LogP contribution in [0.2, 0.25) is 0 Å². The molecule has 30 heavy (non-hydrogen) atoms. The zero-order chi connectivity index (χ0) is 19.9. The molecule has 0 spiro atoms. The molecule has 1 aromatic heterocycles. The average molecular weight is 524 g/mol. The number of benzene rings is 1. The standard InChI is InChI=1S/C23H32N4O2.HI/c1-24-23(25-15-19-7-2-3-8-21(19)29-17-18-10-11-18)26-16-20(22-9-6-14-28-22)27-12-4-5-13-27;/h2-3,6-9,14,18,20H,4-5,10-13,15-17H2,1H3,(H2,24,25,26);1H. The summed E-state index contributed by atoms with van der Waals surface area (Å²) in [6.45, 7) is 4.49. The molecule has 2 N–H and O–H groups in total. The molecule has 164 valence electrons. The van der Waals surface area contributed by atoms with E-state index in [2.05, 4.69) is 44.8 Å². The molecule has 1 aliphatic heterocycles. The van der Waals surface area contributed by atoms with Gasteiger partial charge in [0.15, 0.2) is 5.96 Å². The lowest BCUT2D eigenvalue weighted by atomic mass is 10.2. The van der Waals surface area contributed by atoms with E-state index in [4.69, 9.17) is 9.15 Å². The van der Waals surface area contributed by atoms with Gasteiger partial charge in [0.25, 0.3) is 0 Å². The van der Waals surface area contributed by atoms with Crippen LogP contribution in [0.15, 0.2) is 52.1 Å². The fourth-order valence-electron chi connectivity index (χ4n) is 3.82. The van der Waals surface area contributed by atoms with E-state index in [-0.39, 0.29) is 30.0 Å². The molecule has 4 rings (SSSR count). The summed E-state index contributed by atoms with van der Waals surface area (Å²) in [5.74, 6) is 3.51. The quantitative estimate of drug-likeness (QED) is 0.293. The maximum Gasteiger partial charge on any atom is 0.191 e. The minimum atomic E-state index is 0. The molecule has 1 aliphatic carbocycles. The molecule has 2 heterocycles. The van der Waals surface area contributed by atoms with Crippen LogP contribution in [0, 0.1) is 5.92 Å². The smallest absolute Gasteiger partial charge is 0.191 e. The number of rotatable bonds is 9. The number of aliphatic imine (C=N–C) groups is 1. The number of hydrogen-bond donors (Lipinski definition) is 2. The Bertz CT molecular complexity index is 786. The number of nitrogens with zero attached hydrogens (tertiary/aromatic N) is 2. The summed E-state index contributed by atoms with van der Waals surface area (Å²) in [5.41, 5.74) is 1.15. The van der Waals surface area contributed by atoms with Gasteiger partial charge in [-0.05, 0) is 62.9 Å². The summed E-state index contributed by atoms with van der Waals surface area (Å²) in [5, 5.41) is 6.91. The molecule has 1 atom stereocenters. The Labute approximate surface area is 196 Å². The Balaban J connectivity index is 0.00000256. The Hall–Kier alpha value is -1.74. The van der Waals surface area contributed by atoms with Gasteiger partial charge in [-0.1, -0.05) is 18.2 Å². The second-order valence-corrected chi connectivity index (χ2v) is 7.94. The third kappa shape index (κ3) is 6.38. The molecule has 2 fully saturated rings. The highest BCUT2D eigenvalue weighted by Gasteiger charge is 2.26. The molecule has 1 saturated heterocycles. The van der Waals surface area contributed by atoms with Gasteiger partial charge in [0.2, 0.25) is 0 Å². The largest absolute Gasteiger partial charge is 0.493 e. The SMILES string of the molecule is CN=C(NCc1ccccc1OCC1CC1)NCC(c1ccco1)N1CCCC1.I. The highest BCUT2D eigenvalue weighted by Crippen LogP contribution is 2.30. The molecule has 0 amide bonds. The topological polar surface area (TPSA) is 62.0 Å². The van der Waals surface area contributed by atoms with Crippen molar-refractivity contribution in [3.63, 3.8) is 0 Å². The lowest BCUT2D eigenvalue weighted by Gasteiger charge is -2.26. The van der Waals surface area contributed by atoms with Crippen molar-refractivity contribution in [1.29, 1.82) is 0 Å². The van der Waals surface area contributed by atoms with Crippen molar-refractivity contribution in [2.75, 3.05) is 33.3 Å². The van der Waals surface area contributed by atoms with Crippen molar-refractivity contribution in [3.8, 4) is 5.75 Å². The summed E-state index contributed by atoms with van der Waals surface area (Å²) in [4.78, 5) is 6.89. The number of likely N-dealkylation sites (tertiary alicyclic amines) is 1. The summed E-state index contributed by atoms with van der Waals surface area (Å²) >= 11 is 0. The van der Waals surface area contributed by atoms with Crippen LogP contribution in [0.4, 0.5) is 0 Å². The fourth-order valence-corrected chi connectivity index (χ4v) is 3.82. The molecule has 1 aromatic carbocycles. The number of guanidine groups is 1. The van der Waals surface area contributed by atoms with Gasteiger partial charge < -0.3 is 19.8 Å². The number of ether oxygens (including phenoxy) is 1. The molecule has 2 aromatic rings. The van der Waals surface area contributed by atoms with Crippen molar-refractivity contribution < 1.29 is 9.15 Å². The predicted molar refractivity (Wildman–Crippen MR) is 131 cm³/mol. The van der Waals surface area contributed by atoms with Crippen LogP contribution in [0.25, 0.3) is 0 Å². The minimum absolute atomic E-state index is 0. The first-order valence-electron chi connectivity index (χ1n) is 10.8. The number of para-hydroxylation sites is 1. The van der Waals surface area contributed by atoms with Crippen LogP contribution < -0.4 is 15.4 Å². The third-order valence-corrected chi connectivity index (χ3v) is 5.73. The van der Waals surface area contributed by atoms with Gasteiger partial charge in [-0.3, -0.25) is 9.89 Å². The van der Waals surface area contributed by atoms with Crippen LogP contribution in [0.5, 0.6) is 5.75 Å². The van der Waals surface area contributed by atoms with E-state index in [0.29, 0.717) is 6.54 Å².